The molecule has 1 aliphatic rings. The van der Waals surface area contributed by atoms with Crippen LogP contribution in [0, 0.1) is 11.3 Å². The molecule has 0 aliphatic carbocycles. The minimum absolute atomic E-state index is 0.371. The SMILES string of the molecule is CN(c1ccc(C#N)cn1)C1CCCN(c2cccnn2)C1. The van der Waals surface area contributed by atoms with Crippen molar-refractivity contribution in [1.29, 1.82) is 5.26 Å². The number of hydrogen-bond acceptors (Lipinski definition) is 6. The first-order chi connectivity index (χ1) is 10.8. The molecule has 6 nitrogen and oxygen atoms in total. The van der Waals surface area contributed by atoms with Gasteiger partial charge in [0.05, 0.1) is 5.56 Å². The van der Waals surface area contributed by atoms with Crippen molar-refractivity contribution in [3.05, 3.63) is 42.2 Å². The maximum Gasteiger partial charge on any atom is 0.151 e. The number of pyridine rings is 1. The Labute approximate surface area is 130 Å². The zero-order chi connectivity index (χ0) is 15.4. The van der Waals surface area contributed by atoms with Gasteiger partial charge >= 0.3 is 0 Å². The van der Waals surface area contributed by atoms with Crippen molar-refractivity contribution >= 4 is 11.6 Å². The van der Waals surface area contributed by atoms with Gasteiger partial charge in [-0.3, -0.25) is 0 Å². The first kappa shape index (κ1) is 14.3. The van der Waals surface area contributed by atoms with E-state index in [-0.39, 0.29) is 0 Å². The molecular formula is C16H18N6. The summed E-state index contributed by atoms with van der Waals surface area (Å²) in [6.07, 6.45) is 5.55. The molecule has 6 heteroatoms. The molecule has 0 aromatic carbocycles. The van der Waals surface area contributed by atoms with E-state index in [0.717, 1.165) is 37.6 Å². The zero-order valence-corrected chi connectivity index (χ0v) is 12.6. The van der Waals surface area contributed by atoms with Gasteiger partial charge in [0.15, 0.2) is 5.82 Å². The molecule has 2 aromatic heterocycles. The summed E-state index contributed by atoms with van der Waals surface area (Å²) in [5, 5.41) is 17.0. The Bertz CT molecular complexity index is 649. The lowest BCUT2D eigenvalue weighted by molar-refractivity contribution is 0.482. The number of rotatable bonds is 3. The van der Waals surface area contributed by atoms with Gasteiger partial charge in [-0.25, -0.2) is 4.98 Å². The molecule has 0 radical (unpaired) electrons. The molecule has 0 spiro atoms. The van der Waals surface area contributed by atoms with Crippen LogP contribution in [0.3, 0.4) is 0 Å². The minimum Gasteiger partial charge on any atom is -0.355 e. The van der Waals surface area contributed by atoms with Crippen molar-refractivity contribution in [3.63, 3.8) is 0 Å². The van der Waals surface area contributed by atoms with Gasteiger partial charge in [0.2, 0.25) is 0 Å². The third-order valence-electron chi connectivity index (χ3n) is 4.06. The average Bonchev–Trinajstić information content (AvgIpc) is 2.62. The second-order valence-corrected chi connectivity index (χ2v) is 5.45. The third kappa shape index (κ3) is 2.98. The summed E-state index contributed by atoms with van der Waals surface area (Å²) in [6, 6.07) is 10.1. The highest BCUT2D eigenvalue weighted by atomic mass is 15.3. The molecule has 0 bridgehead atoms. The Hall–Kier alpha value is -2.68. The average molecular weight is 294 g/mol. The smallest absolute Gasteiger partial charge is 0.151 e. The van der Waals surface area contributed by atoms with Gasteiger partial charge in [-0.05, 0) is 37.1 Å². The van der Waals surface area contributed by atoms with Crippen molar-refractivity contribution in [2.45, 2.75) is 18.9 Å². The molecule has 1 unspecified atom stereocenters. The van der Waals surface area contributed by atoms with E-state index in [0.29, 0.717) is 11.6 Å². The Morgan fingerprint density at radius 1 is 1.36 bits per heavy atom. The van der Waals surface area contributed by atoms with E-state index in [2.05, 4.69) is 38.1 Å². The van der Waals surface area contributed by atoms with E-state index in [4.69, 9.17) is 5.26 Å². The summed E-state index contributed by atoms with van der Waals surface area (Å²) >= 11 is 0. The summed E-state index contributed by atoms with van der Waals surface area (Å²) in [5.41, 5.74) is 0.585. The fraction of sp³-hybridized carbons (Fsp3) is 0.375. The normalized spacial score (nSPS) is 17.8. The molecule has 3 heterocycles. The Morgan fingerprint density at radius 2 is 2.27 bits per heavy atom. The predicted octanol–water partition coefficient (Wildman–Crippen LogP) is 1.85. The van der Waals surface area contributed by atoms with Gasteiger partial charge in [-0.2, -0.15) is 10.4 Å². The fourth-order valence-corrected chi connectivity index (χ4v) is 2.79. The van der Waals surface area contributed by atoms with E-state index >= 15 is 0 Å². The monoisotopic (exact) mass is 294 g/mol. The van der Waals surface area contributed by atoms with Crippen LogP contribution in [0.4, 0.5) is 11.6 Å². The van der Waals surface area contributed by atoms with Crippen LogP contribution in [0.15, 0.2) is 36.7 Å². The lowest BCUT2D eigenvalue weighted by Gasteiger charge is -2.38. The molecule has 1 saturated heterocycles. The molecule has 3 rings (SSSR count). The number of nitriles is 1. The highest BCUT2D eigenvalue weighted by Gasteiger charge is 2.24. The molecule has 112 valence electrons. The topological polar surface area (TPSA) is 68.9 Å². The highest BCUT2D eigenvalue weighted by molar-refractivity contribution is 5.44. The lowest BCUT2D eigenvalue weighted by Crippen LogP contribution is -2.47. The van der Waals surface area contributed by atoms with Gasteiger partial charge < -0.3 is 9.80 Å². The first-order valence-corrected chi connectivity index (χ1v) is 7.39. The van der Waals surface area contributed by atoms with E-state index in [1.165, 1.54) is 0 Å². The molecule has 0 saturated carbocycles. The largest absolute Gasteiger partial charge is 0.355 e. The summed E-state index contributed by atoms with van der Waals surface area (Å²) < 4.78 is 0. The maximum absolute atomic E-state index is 8.85. The zero-order valence-electron chi connectivity index (χ0n) is 12.6. The van der Waals surface area contributed by atoms with Crippen LogP contribution in [0.25, 0.3) is 0 Å². The van der Waals surface area contributed by atoms with Crippen LogP contribution in [0.1, 0.15) is 18.4 Å². The van der Waals surface area contributed by atoms with E-state index in [1.54, 1.807) is 12.4 Å². The van der Waals surface area contributed by atoms with Gasteiger partial charge in [-0.1, -0.05) is 0 Å². The molecule has 22 heavy (non-hydrogen) atoms. The summed E-state index contributed by atoms with van der Waals surface area (Å²) in [6.45, 7) is 1.90. The Morgan fingerprint density at radius 3 is 2.95 bits per heavy atom. The van der Waals surface area contributed by atoms with E-state index in [1.807, 2.05) is 24.3 Å². The molecule has 2 aromatic rings. The van der Waals surface area contributed by atoms with Crippen LogP contribution < -0.4 is 9.80 Å². The van der Waals surface area contributed by atoms with Crippen LogP contribution in [0.5, 0.6) is 0 Å². The van der Waals surface area contributed by atoms with Crippen molar-refractivity contribution in [2.24, 2.45) is 0 Å². The van der Waals surface area contributed by atoms with Crippen molar-refractivity contribution < 1.29 is 0 Å². The predicted molar refractivity (Wildman–Crippen MR) is 84.6 cm³/mol. The number of hydrogen-bond donors (Lipinski definition) is 0. The number of aromatic nitrogens is 3. The maximum atomic E-state index is 8.85. The van der Waals surface area contributed by atoms with Crippen molar-refractivity contribution in [1.82, 2.24) is 15.2 Å². The second-order valence-electron chi connectivity index (χ2n) is 5.45. The Kier molecular flexibility index (Phi) is 4.15. The number of nitrogens with zero attached hydrogens (tertiary/aromatic N) is 6. The van der Waals surface area contributed by atoms with Crippen molar-refractivity contribution in [3.8, 4) is 6.07 Å². The molecule has 0 N–H and O–H groups in total. The van der Waals surface area contributed by atoms with Gasteiger partial charge in [0.1, 0.15) is 11.9 Å². The summed E-state index contributed by atoms with van der Waals surface area (Å²) in [5.74, 6) is 1.82. The van der Waals surface area contributed by atoms with Gasteiger partial charge in [0.25, 0.3) is 0 Å². The minimum atomic E-state index is 0.371. The van der Waals surface area contributed by atoms with Gasteiger partial charge in [-0.15, -0.1) is 5.10 Å². The van der Waals surface area contributed by atoms with Crippen LogP contribution in [-0.2, 0) is 0 Å². The van der Waals surface area contributed by atoms with E-state index < -0.39 is 0 Å². The van der Waals surface area contributed by atoms with Crippen molar-refractivity contribution in [2.75, 3.05) is 29.9 Å². The molecule has 0 amide bonds. The lowest BCUT2D eigenvalue weighted by atomic mass is 10.0. The molecule has 1 fully saturated rings. The highest BCUT2D eigenvalue weighted by Crippen LogP contribution is 2.22. The Balaban J connectivity index is 1.72. The molecule has 1 atom stereocenters. The standard InChI is InChI=1S/C16H18N6/c1-21(15-7-6-13(10-17)11-18-15)14-4-3-9-22(12-14)16-5-2-8-19-20-16/h2,5-8,11,14H,3-4,9,12H2,1H3. The van der Waals surface area contributed by atoms with Gasteiger partial charge in [0, 0.05) is 38.6 Å². The third-order valence-corrected chi connectivity index (χ3v) is 4.06. The first-order valence-electron chi connectivity index (χ1n) is 7.39. The molecule has 1 aliphatic heterocycles. The fourth-order valence-electron chi connectivity index (χ4n) is 2.79. The van der Waals surface area contributed by atoms with Crippen LogP contribution in [0.2, 0.25) is 0 Å². The summed E-state index contributed by atoms with van der Waals surface area (Å²) in [7, 11) is 2.05. The second kappa shape index (κ2) is 6.39. The van der Waals surface area contributed by atoms with E-state index in [9.17, 15) is 0 Å². The van der Waals surface area contributed by atoms with Crippen LogP contribution in [-0.4, -0.2) is 41.4 Å². The quantitative estimate of drug-likeness (QED) is 0.860. The van der Waals surface area contributed by atoms with Crippen LogP contribution >= 0.6 is 0 Å². The number of likely N-dealkylation sites (N-methyl/N-ethyl adjacent to an activating group) is 1. The number of anilines is 2. The summed E-state index contributed by atoms with van der Waals surface area (Å²) in [4.78, 5) is 8.83. The molecular weight excluding hydrogens is 276 g/mol. The number of piperidine rings is 1.